The Morgan fingerprint density at radius 1 is 1.48 bits per heavy atom. The van der Waals surface area contributed by atoms with Crippen molar-refractivity contribution in [1.82, 2.24) is 5.32 Å². The molecule has 0 saturated carbocycles. The molecule has 4 nitrogen and oxygen atoms in total. The molecule has 0 unspecified atom stereocenters. The summed E-state index contributed by atoms with van der Waals surface area (Å²) < 4.78 is 35.4. The van der Waals surface area contributed by atoms with Crippen LogP contribution in [0, 0.1) is 5.82 Å². The summed E-state index contributed by atoms with van der Waals surface area (Å²) in [5, 5.41) is 3.64. The molecular weight excluding hydrogens is 296 g/mol. The molecule has 2 aliphatic heterocycles. The number of halogens is 2. The molecule has 3 rings (SSSR count). The van der Waals surface area contributed by atoms with Crippen molar-refractivity contribution < 1.29 is 13.5 Å². The van der Waals surface area contributed by atoms with Gasteiger partial charge >= 0.3 is 0 Å². The highest BCUT2D eigenvalue weighted by molar-refractivity contribution is 8.14. The standard InChI is InChI=1S/C14H17F2N3OS/c1-18-12-19-14(10-6-9(17)2-3-11(10)15)7-20-5-4-13(14,16)8-21-12/h2-3,6H,4-5,7-8,17H2,1H3,(H,18,19)/t13-,14-/m1/s1. The van der Waals surface area contributed by atoms with Gasteiger partial charge in [-0.05, 0) is 18.2 Å². The summed E-state index contributed by atoms with van der Waals surface area (Å²) in [6.45, 7) is 0.368. The monoisotopic (exact) mass is 313 g/mol. The van der Waals surface area contributed by atoms with Crippen LogP contribution in [-0.4, -0.2) is 36.9 Å². The van der Waals surface area contributed by atoms with Crippen LogP contribution in [0.3, 0.4) is 0 Å². The third-order valence-electron chi connectivity index (χ3n) is 4.14. The molecule has 0 radical (unpaired) electrons. The zero-order chi connectivity index (χ0) is 15.1. The molecule has 114 valence electrons. The molecule has 2 fully saturated rings. The second kappa shape index (κ2) is 5.14. The Balaban J connectivity index is 2.17. The van der Waals surface area contributed by atoms with Crippen molar-refractivity contribution in [3.8, 4) is 0 Å². The van der Waals surface area contributed by atoms with E-state index in [2.05, 4.69) is 10.3 Å². The molecule has 3 N–H and O–H groups in total. The van der Waals surface area contributed by atoms with E-state index in [-0.39, 0.29) is 24.3 Å². The zero-order valence-corrected chi connectivity index (χ0v) is 12.5. The van der Waals surface area contributed by atoms with Crippen LogP contribution in [-0.2, 0) is 10.3 Å². The average molecular weight is 313 g/mol. The van der Waals surface area contributed by atoms with Crippen LogP contribution < -0.4 is 11.1 Å². The van der Waals surface area contributed by atoms with Gasteiger partial charge in [-0.25, -0.2) is 8.78 Å². The second-order valence-electron chi connectivity index (χ2n) is 5.35. The molecular formula is C14H17F2N3OS. The van der Waals surface area contributed by atoms with E-state index in [1.165, 1.54) is 30.0 Å². The normalized spacial score (nSPS) is 34.3. The van der Waals surface area contributed by atoms with Crippen LogP contribution in [0.25, 0.3) is 0 Å². The highest BCUT2D eigenvalue weighted by Crippen LogP contribution is 2.48. The Kier molecular flexibility index (Phi) is 3.57. The number of hydrogen-bond acceptors (Lipinski definition) is 4. The lowest BCUT2D eigenvalue weighted by atomic mass is 9.73. The first kappa shape index (κ1) is 14.6. The van der Waals surface area contributed by atoms with Crippen molar-refractivity contribution in [2.24, 2.45) is 4.99 Å². The van der Waals surface area contributed by atoms with Crippen molar-refractivity contribution in [1.29, 1.82) is 0 Å². The number of alkyl halides is 1. The summed E-state index contributed by atoms with van der Waals surface area (Å²) in [6, 6.07) is 4.21. The number of anilines is 1. The van der Waals surface area contributed by atoms with E-state index in [9.17, 15) is 4.39 Å². The highest BCUT2D eigenvalue weighted by atomic mass is 32.2. The number of benzene rings is 1. The SMILES string of the molecule is CN=C1N[C@@]2(c3cc(N)ccc3F)COCC[C@@]2(F)CS1. The lowest BCUT2D eigenvalue weighted by molar-refractivity contribution is -0.0819. The number of fused-ring (bicyclic) bond motifs is 1. The fourth-order valence-corrected chi connectivity index (χ4v) is 4.06. The van der Waals surface area contributed by atoms with Crippen LogP contribution in [0.5, 0.6) is 0 Å². The van der Waals surface area contributed by atoms with Crippen molar-refractivity contribution in [3.63, 3.8) is 0 Å². The fourth-order valence-electron chi connectivity index (χ4n) is 2.92. The number of aliphatic imine (C=N–C) groups is 1. The van der Waals surface area contributed by atoms with E-state index in [0.29, 0.717) is 17.5 Å². The van der Waals surface area contributed by atoms with Crippen LogP contribution in [0.1, 0.15) is 12.0 Å². The summed E-state index contributed by atoms with van der Waals surface area (Å²) >= 11 is 1.31. The van der Waals surface area contributed by atoms with Gasteiger partial charge in [-0.1, -0.05) is 11.8 Å². The average Bonchev–Trinajstić information content (AvgIpc) is 2.49. The topological polar surface area (TPSA) is 59.6 Å². The Labute approximate surface area is 126 Å². The Morgan fingerprint density at radius 3 is 3.05 bits per heavy atom. The van der Waals surface area contributed by atoms with Gasteiger partial charge in [-0.2, -0.15) is 0 Å². The Morgan fingerprint density at radius 2 is 2.29 bits per heavy atom. The Hall–Kier alpha value is -1.34. The van der Waals surface area contributed by atoms with Gasteiger partial charge in [-0.3, -0.25) is 4.99 Å². The molecule has 0 amide bonds. The van der Waals surface area contributed by atoms with Gasteiger partial charge in [0.2, 0.25) is 0 Å². The minimum absolute atomic E-state index is 0.0451. The number of nitrogens with one attached hydrogen (secondary N) is 1. The molecule has 1 aromatic carbocycles. The molecule has 0 spiro atoms. The number of amidine groups is 1. The van der Waals surface area contributed by atoms with Crippen molar-refractivity contribution in [3.05, 3.63) is 29.6 Å². The van der Waals surface area contributed by atoms with Gasteiger partial charge in [0.15, 0.2) is 10.8 Å². The predicted octanol–water partition coefficient (Wildman–Crippen LogP) is 2.05. The minimum atomic E-state index is -1.61. The number of rotatable bonds is 1. The van der Waals surface area contributed by atoms with Gasteiger partial charge in [-0.15, -0.1) is 0 Å². The lowest BCUT2D eigenvalue weighted by Gasteiger charge is -2.52. The minimum Gasteiger partial charge on any atom is -0.399 e. The zero-order valence-electron chi connectivity index (χ0n) is 11.7. The van der Waals surface area contributed by atoms with Crippen LogP contribution in [0.4, 0.5) is 14.5 Å². The van der Waals surface area contributed by atoms with Crippen LogP contribution in [0.15, 0.2) is 23.2 Å². The van der Waals surface area contributed by atoms with E-state index >= 15 is 4.39 Å². The summed E-state index contributed by atoms with van der Waals surface area (Å²) in [5.41, 5.74) is 3.46. The summed E-state index contributed by atoms with van der Waals surface area (Å²) in [6.07, 6.45) is 0.207. The third-order valence-corrected chi connectivity index (χ3v) is 5.30. The lowest BCUT2D eigenvalue weighted by Crippen LogP contribution is -2.68. The maximum absolute atomic E-state index is 15.6. The molecule has 2 atom stereocenters. The van der Waals surface area contributed by atoms with E-state index in [1.807, 2.05) is 0 Å². The number of ether oxygens (including phenoxy) is 1. The summed E-state index contributed by atoms with van der Waals surface area (Å²) in [4.78, 5) is 4.08. The first-order chi connectivity index (χ1) is 10.0. The van der Waals surface area contributed by atoms with E-state index in [0.717, 1.165) is 0 Å². The molecule has 1 aromatic rings. The van der Waals surface area contributed by atoms with Gasteiger partial charge in [0.1, 0.15) is 11.4 Å². The first-order valence-corrected chi connectivity index (χ1v) is 7.69. The first-order valence-electron chi connectivity index (χ1n) is 6.71. The van der Waals surface area contributed by atoms with Crippen molar-refractivity contribution >= 4 is 22.6 Å². The van der Waals surface area contributed by atoms with Crippen LogP contribution >= 0.6 is 11.8 Å². The number of nitrogens with zero attached hydrogens (tertiary/aromatic N) is 1. The predicted molar refractivity (Wildman–Crippen MR) is 80.7 cm³/mol. The van der Waals surface area contributed by atoms with Gasteiger partial charge in [0.05, 0.1) is 6.61 Å². The molecule has 2 heterocycles. The number of hydrogen-bond donors (Lipinski definition) is 2. The van der Waals surface area contributed by atoms with E-state index < -0.39 is 17.0 Å². The molecule has 21 heavy (non-hydrogen) atoms. The second-order valence-corrected chi connectivity index (χ2v) is 6.32. The summed E-state index contributed by atoms with van der Waals surface area (Å²) in [5.74, 6) is -0.281. The highest BCUT2D eigenvalue weighted by Gasteiger charge is 2.59. The number of thioether (sulfide) groups is 1. The van der Waals surface area contributed by atoms with Crippen molar-refractivity contribution in [2.45, 2.75) is 17.6 Å². The summed E-state index contributed by atoms with van der Waals surface area (Å²) in [7, 11) is 1.62. The molecule has 0 bridgehead atoms. The molecule has 2 saturated heterocycles. The maximum atomic E-state index is 15.6. The quantitative estimate of drug-likeness (QED) is 0.779. The molecule has 7 heteroatoms. The smallest absolute Gasteiger partial charge is 0.157 e. The fraction of sp³-hybridized carbons (Fsp3) is 0.500. The number of nitrogen functional groups attached to an aromatic ring is 1. The maximum Gasteiger partial charge on any atom is 0.157 e. The molecule has 0 aliphatic carbocycles. The van der Waals surface area contributed by atoms with Crippen LogP contribution in [0.2, 0.25) is 0 Å². The number of nitrogens with two attached hydrogens (primary N) is 1. The van der Waals surface area contributed by atoms with Crippen molar-refractivity contribution in [2.75, 3.05) is 31.7 Å². The Bertz CT molecular complexity index is 598. The van der Waals surface area contributed by atoms with Gasteiger partial charge < -0.3 is 15.8 Å². The largest absolute Gasteiger partial charge is 0.399 e. The van der Waals surface area contributed by atoms with E-state index in [1.54, 1.807) is 7.05 Å². The van der Waals surface area contributed by atoms with Gasteiger partial charge in [0, 0.05) is 37.1 Å². The molecule has 2 aliphatic rings. The van der Waals surface area contributed by atoms with Gasteiger partial charge in [0.25, 0.3) is 0 Å². The molecule has 0 aromatic heterocycles. The third kappa shape index (κ3) is 2.19. The van der Waals surface area contributed by atoms with E-state index in [4.69, 9.17) is 10.5 Å².